The molecule has 1 heterocycles. The van der Waals surface area contributed by atoms with Gasteiger partial charge >= 0.3 is 0 Å². The SMILES string of the molecule is Cc1ccc(N2C(=O)c3ccccc3C2=O)cc1S(=O)(=O)O. The van der Waals surface area contributed by atoms with Crippen molar-refractivity contribution in [3.8, 4) is 0 Å². The summed E-state index contributed by atoms with van der Waals surface area (Å²) < 4.78 is 32.0. The Hall–Kier alpha value is -2.51. The molecule has 112 valence electrons. The average Bonchev–Trinajstić information content (AvgIpc) is 2.71. The van der Waals surface area contributed by atoms with Gasteiger partial charge in [0.2, 0.25) is 0 Å². The molecule has 0 aromatic heterocycles. The molecule has 1 aliphatic rings. The normalized spacial score (nSPS) is 14.4. The molecule has 0 fully saturated rings. The van der Waals surface area contributed by atoms with E-state index in [-0.39, 0.29) is 21.7 Å². The maximum Gasteiger partial charge on any atom is 0.294 e. The van der Waals surface area contributed by atoms with Gasteiger partial charge < -0.3 is 0 Å². The average molecular weight is 317 g/mol. The van der Waals surface area contributed by atoms with Crippen LogP contribution >= 0.6 is 0 Å². The van der Waals surface area contributed by atoms with E-state index in [1.54, 1.807) is 12.1 Å². The molecule has 0 spiro atoms. The van der Waals surface area contributed by atoms with Gasteiger partial charge in [0.15, 0.2) is 0 Å². The third-order valence-corrected chi connectivity index (χ3v) is 4.50. The van der Waals surface area contributed by atoms with E-state index in [0.29, 0.717) is 5.56 Å². The molecule has 6 nitrogen and oxygen atoms in total. The van der Waals surface area contributed by atoms with Crippen LogP contribution in [-0.4, -0.2) is 24.8 Å². The molecule has 0 unspecified atom stereocenters. The van der Waals surface area contributed by atoms with Crippen molar-refractivity contribution in [2.24, 2.45) is 0 Å². The molecular weight excluding hydrogens is 306 g/mol. The number of benzene rings is 2. The van der Waals surface area contributed by atoms with Crippen LogP contribution in [0, 0.1) is 6.92 Å². The third kappa shape index (κ3) is 2.11. The summed E-state index contributed by atoms with van der Waals surface area (Å²) in [5, 5.41) is 0. The van der Waals surface area contributed by atoms with Gasteiger partial charge in [-0.25, -0.2) is 4.90 Å². The van der Waals surface area contributed by atoms with Gasteiger partial charge in [0.25, 0.3) is 21.9 Å². The quantitative estimate of drug-likeness (QED) is 0.676. The molecule has 0 atom stereocenters. The van der Waals surface area contributed by atoms with Crippen molar-refractivity contribution in [1.82, 2.24) is 0 Å². The topological polar surface area (TPSA) is 91.8 Å². The van der Waals surface area contributed by atoms with Crippen molar-refractivity contribution < 1.29 is 22.6 Å². The van der Waals surface area contributed by atoms with E-state index in [0.717, 1.165) is 11.0 Å². The first-order valence-corrected chi connectivity index (χ1v) is 7.80. The maximum absolute atomic E-state index is 12.3. The lowest BCUT2D eigenvalue weighted by atomic mass is 10.1. The summed E-state index contributed by atoms with van der Waals surface area (Å²) in [6.07, 6.45) is 0. The van der Waals surface area contributed by atoms with E-state index in [2.05, 4.69) is 0 Å². The Kier molecular flexibility index (Phi) is 3.12. The van der Waals surface area contributed by atoms with Crippen LogP contribution in [-0.2, 0) is 10.1 Å². The molecule has 1 N–H and O–H groups in total. The van der Waals surface area contributed by atoms with E-state index in [9.17, 15) is 22.6 Å². The highest BCUT2D eigenvalue weighted by atomic mass is 32.2. The number of anilines is 1. The van der Waals surface area contributed by atoms with Gasteiger partial charge in [-0.3, -0.25) is 14.1 Å². The fourth-order valence-corrected chi connectivity index (χ4v) is 3.17. The summed E-state index contributed by atoms with van der Waals surface area (Å²) in [4.78, 5) is 25.3. The number of imide groups is 1. The molecule has 7 heteroatoms. The predicted octanol–water partition coefficient (Wildman–Crippen LogP) is 2.04. The zero-order chi connectivity index (χ0) is 16.1. The Morgan fingerprint density at radius 3 is 2.00 bits per heavy atom. The first-order chi connectivity index (χ1) is 10.3. The lowest BCUT2D eigenvalue weighted by Gasteiger charge is -2.15. The van der Waals surface area contributed by atoms with Crippen LogP contribution in [0.4, 0.5) is 5.69 Å². The molecule has 2 aromatic rings. The van der Waals surface area contributed by atoms with Gasteiger partial charge in [0.1, 0.15) is 0 Å². The monoisotopic (exact) mass is 317 g/mol. The van der Waals surface area contributed by atoms with Crippen molar-refractivity contribution >= 4 is 27.6 Å². The fraction of sp³-hybridized carbons (Fsp3) is 0.0667. The molecule has 2 aromatic carbocycles. The van der Waals surface area contributed by atoms with E-state index < -0.39 is 21.9 Å². The summed E-state index contributed by atoms with van der Waals surface area (Å²) in [6.45, 7) is 1.51. The minimum absolute atomic E-state index is 0.101. The number of amides is 2. The Bertz CT molecular complexity index is 882. The minimum atomic E-state index is -4.44. The first-order valence-electron chi connectivity index (χ1n) is 6.36. The maximum atomic E-state index is 12.3. The van der Waals surface area contributed by atoms with E-state index in [1.807, 2.05) is 0 Å². The summed E-state index contributed by atoms with van der Waals surface area (Å²) in [7, 11) is -4.44. The number of carbonyl (C=O) groups is 2. The van der Waals surface area contributed by atoms with E-state index in [4.69, 9.17) is 0 Å². The van der Waals surface area contributed by atoms with Gasteiger partial charge in [-0.05, 0) is 36.8 Å². The highest BCUT2D eigenvalue weighted by Crippen LogP contribution is 2.30. The fourth-order valence-electron chi connectivity index (χ4n) is 2.43. The molecule has 3 rings (SSSR count). The molecule has 1 aliphatic heterocycles. The number of rotatable bonds is 2. The summed E-state index contributed by atoms with van der Waals surface area (Å²) in [5.74, 6) is -1.04. The highest BCUT2D eigenvalue weighted by Gasteiger charge is 2.36. The number of aryl methyl sites for hydroxylation is 1. The van der Waals surface area contributed by atoms with Crippen molar-refractivity contribution in [3.05, 3.63) is 59.2 Å². The van der Waals surface area contributed by atoms with Crippen LogP contribution in [0.5, 0.6) is 0 Å². The molecule has 22 heavy (non-hydrogen) atoms. The van der Waals surface area contributed by atoms with Crippen LogP contribution < -0.4 is 4.90 Å². The Morgan fingerprint density at radius 2 is 1.50 bits per heavy atom. The van der Waals surface area contributed by atoms with Crippen molar-refractivity contribution in [3.63, 3.8) is 0 Å². The number of hydrogen-bond acceptors (Lipinski definition) is 4. The van der Waals surface area contributed by atoms with Gasteiger partial charge in [0, 0.05) is 0 Å². The lowest BCUT2D eigenvalue weighted by Crippen LogP contribution is -2.29. The van der Waals surface area contributed by atoms with Crippen molar-refractivity contribution in [2.75, 3.05) is 4.90 Å². The number of fused-ring (bicyclic) bond motifs is 1. The number of hydrogen-bond donors (Lipinski definition) is 1. The van der Waals surface area contributed by atoms with E-state index >= 15 is 0 Å². The molecule has 0 saturated carbocycles. The second-order valence-corrected chi connectivity index (χ2v) is 6.31. The van der Waals surface area contributed by atoms with Crippen LogP contribution in [0.25, 0.3) is 0 Å². The van der Waals surface area contributed by atoms with Crippen LogP contribution in [0.3, 0.4) is 0 Å². The van der Waals surface area contributed by atoms with Crippen molar-refractivity contribution in [1.29, 1.82) is 0 Å². The number of carbonyl (C=O) groups excluding carboxylic acids is 2. The van der Waals surface area contributed by atoms with Gasteiger partial charge in [-0.1, -0.05) is 18.2 Å². The molecule has 2 amide bonds. The zero-order valence-corrected chi connectivity index (χ0v) is 12.3. The third-order valence-electron chi connectivity index (χ3n) is 3.50. The minimum Gasteiger partial charge on any atom is -0.282 e. The summed E-state index contributed by atoms with van der Waals surface area (Å²) in [5.41, 5.74) is 0.954. The second kappa shape index (κ2) is 4.75. The Balaban J connectivity index is 2.15. The first kappa shape index (κ1) is 14.4. The summed E-state index contributed by atoms with van der Waals surface area (Å²) >= 11 is 0. The highest BCUT2D eigenvalue weighted by molar-refractivity contribution is 7.85. The largest absolute Gasteiger partial charge is 0.294 e. The van der Waals surface area contributed by atoms with Crippen LogP contribution in [0.15, 0.2) is 47.4 Å². The molecular formula is C15H11NO5S. The Labute approximate surface area is 126 Å². The molecule has 0 radical (unpaired) electrons. The second-order valence-electron chi connectivity index (χ2n) is 4.92. The van der Waals surface area contributed by atoms with Crippen molar-refractivity contribution in [2.45, 2.75) is 11.8 Å². The predicted molar refractivity (Wildman–Crippen MR) is 78.6 cm³/mol. The molecule has 0 saturated heterocycles. The molecule has 0 aliphatic carbocycles. The van der Waals surface area contributed by atoms with Crippen LogP contribution in [0.2, 0.25) is 0 Å². The molecule has 0 bridgehead atoms. The number of nitrogens with zero attached hydrogens (tertiary/aromatic N) is 1. The van der Waals surface area contributed by atoms with E-state index in [1.165, 1.54) is 31.2 Å². The zero-order valence-electron chi connectivity index (χ0n) is 11.5. The standard InChI is InChI=1S/C15H11NO5S/c1-9-6-7-10(8-13(9)22(19,20)21)16-14(17)11-4-2-3-5-12(11)15(16)18/h2-8H,1H3,(H,19,20,21). The lowest BCUT2D eigenvalue weighted by molar-refractivity contribution is 0.0926. The summed E-state index contributed by atoms with van der Waals surface area (Å²) in [6, 6.07) is 10.4. The van der Waals surface area contributed by atoms with Gasteiger partial charge in [-0.15, -0.1) is 0 Å². The van der Waals surface area contributed by atoms with Gasteiger partial charge in [0.05, 0.1) is 21.7 Å². The Morgan fingerprint density at radius 1 is 0.955 bits per heavy atom. The smallest absolute Gasteiger partial charge is 0.282 e. The van der Waals surface area contributed by atoms with Gasteiger partial charge in [-0.2, -0.15) is 8.42 Å². The van der Waals surface area contributed by atoms with Crippen LogP contribution in [0.1, 0.15) is 26.3 Å².